The number of halogens is 1. The minimum absolute atomic E-state index is 0.0417. The van der Waals surface area contributed by atoms with Gasteiger partial charge in [0.25, 0.3) is 0 Å². The molecule has 0 unspecified atom stereocenters. The molecule has 6 heteroatoms. The quantitative estimate of drug-likeness (QED) is 0.884. The van der Waals surface area contributed by atoms with Crippen molar-refractivity contribution in [3.05, 3.63) is 16.9 Å². The summed E-state index contributed by atoms with van der Waals surface area (Å²) in [6.07, 6.45) is 4.29. The first-order chi connectivity index (χ1) is 7.67. The lowest BCUT2D eigenvalue weighted by Gasteiger charge is -2.20. The Hall–Kier alpha value is -1.17. The summed E-state index contributed by atoms with van der Waals surface area (Å²) in [5.74, 6) is 0.536. The highest BCUT2D eigenvalue weighted by Gasteiger charge is 2.11. The van der Waals surface area contributed by atoms with Crippen LogP contribution in [-0.4, -0.2) is 36.0 Å². The lowest BCUT2D eigenvalue weighted by Crippen LogP contribution is -2.37. The summed E-state index contributed by atoms with van der Waals surface area (Å²) in [6.45, 7) is 3.09. The third-order valence-corrected chi connectivity index (χ3v) is 2.41. The first-order valence-corrected chi connectivity index (χ1v) is 5.89. The number of amides is 1. The highest BCUT2D eigenvalue weighted by Crippen LogP contribution is 2.11. The number of hydrogen-bond donors (Lipinski definition) is 1. The standard InChI is InChI=1S/C10H15BrN4O/c1-3-4-15(7-9(16)12-2)10-13-5-8(11)6-14-10/h5-6H,3-4,7H2,1-2H3,(H,12,16). The van der Waals surface area contributed by atoms with Gasteiger partial charge in [-0.15, -0.1) is 0 Å². The normalized spacial score (nSPS) is 9.94. The van der Waals surface area contributed by atoms with Crippen molar-refractivity contribution < 1.29 is 4.79 Å². The molecular formula is C10H15BrN4O. The number of rotatable bonds is 5. The van der Waals surface area contributed by atoms with E-state index >= 15 is 0 Å². The molecule has 0 radical (unpaired) electrons. The number of nitrogens with zero attached hydrogens (tertiary/aromatic N) is 3. The maximum Gasteiger partial charge on any atom is 0.239 e. The van der Waals surface area contributed by atoms with Crippen LogP contribution in [0.1, 0.15) is 13.3 Å². The van der Waals surface area contributed by atoms with Crippen molar-refractivity contribution in [2.45, 2.75) is 13.3 Å². The van der Waals surface area contributed by atoms with Crippen LogP contribution >= 0.6 is 15.9 Å². The molecule has 1 amide bonds. The van der Waals surface area contributed by atoms with Gasteiger partial charge in [0, 0.05) is 26.0 Å². The van der Waals surface area contributed by atoms with Gasteiger partial charge in [-0.1, -0.05) is 6.92 Å². The highest BCUT2D eigenvalue weighted by atomic mass is 79.9. The maximum atomic E-state index is 11.3. The number of carbonyl (C=O) groups is 1. The Morgan fingerprint density at radius 1 is 1.50 bits per heavy atom. The van der Waals surface area contributed by atoms with Crippen molar-refractivity contribution in [1.82, 2.24) is 15.3 Å². The Balaban J connectivity index is 2.76. The molecule has 0 fully saturated rings. The van der Waals surface area contributed by atoms with E-state index in [-0.39, 0.29) is 12.5 Å². The predicted molar refractivity (Wildman–Crippen MR) is 66.3 cm³/mol. The summed E-state index contributed by atoms with van der Waals surface area (Å²) in [4.78, 5) is 21.5. The van der Waals surface area contributed by atoms with Gasteiger partial charge >= 0.3 is 0 Å². The third kappa shape index (κ3) is 3.77. The average molecular weight is 287 g/mol. The van der Waals surface area contributed by atoms with Crippen molar-refractivity contribution in [2.24, 2.45) is 0 Å². The lowest BCUT2D eigenvalue weighted by atomic mass is 10.4. The van der Waals surface area contributed by atoms with Crippen LogP contribution in [0.25, 0.3) is 0 Å². The lowest BCUT2D eigenvalue weighted by molar-refractivity contribution is -0.119. The molecular weight excluding hydrogens is 272 g/mol. The maximum absolute atomic E-state index is 11.3. The van der Waals surface area contributed by atoms with Crippen LogP contribution < -0.4 is 10.2 Å². The van der Waals surface area contributed by atoms with Gasteiger partial charge in [-0.3, -0.25) is 4.79 Å². The predicted octanol–water partition coefficient (Wildman–Crippen LogP) is 1.20. The summed E-state index contributed by atoms with van der Waals surface area (Å²) in [6, 6.07) is 0. The molecule has 0 aliphatic rings. The largest absolute Gasteiger partial charge is 0.358 e. The molecule has 1 aromatic rings. The summed E-state index contributed by atoms with van der Waals surface area (Å²) in [5, 5.41) is 2.59. The third-order valence-electron chi connectivity index (χ3n) is 2.00. The second kappa shape index (κ2) is 6.42. The molecule has 1 heterocycles. The van der Waals surface area contributed by atoms with E-state index in [9.17, 15) is 4.79 Å². The van der Waals surface area contributed by atoms with E-state index in [0.717, 1.165) is 17.4 Å². The fourth-order valence-electron chi connectivity index (χ4n) is 1.24. The van der Waals surface area contributed by atoms with Crippen LogP contribution in [-0.2, 0) is 4.79 Å². The fourth-order valence-corrected chi connectivity index (χ4v) is 1.45. The van der Waals surface area contributed by atoms with Gasteiger partial charge in [-0.2, -0.15) is 0 Å². The number of nitrogens with one attached hydrogen (secondary N) is 1. The first kappa shape index (κ1) is 12.9. The van der Waals surface area contributed by atoms with E-state index in [2.05, 4.69) is 38.1 Å². The minimum Gasteiger partial charge on any atom is -0.358 e. The van der Waals surface area contributed by atoms with E-state index < -0.39 is 0 Å². The molecule has 0 bridgehead atoms. The summed E-state index contributed by atoms with van der Waals surface area (Å²) in [7, 11) is 1.62. The second-order valence-electron chi connectivity index (χ2n) is 3.30. The van der Waals surface area contributed by atoms with Gasteiger partial charge in [-0.25, -0.2) is 9.97 Å². The molecule has 5 nitrogen and oxygen atoms in total. The molecule has 1 aromatic heterocycles. The van der Waals surface area contributed by atoms with E-state index in [1.54, 1.807) is 19.4 Å². The van der Waals surface area contributed by atoms with Crippen LogP contribution in [0.3, 0.4) is 0 Å². The molecule has 16 heavy (non-hydrogen) atoms. The van der Waals surface area contributed by atoms with Gasteiger partial charge < -0.3 is 10.2 Å². The number of likely N-dealkylation sites (N-methyl/N-ethyl adjacent to an activating group) is 1. The smallest absolute Gasteiger partial charge is 0.239 e. The fraction of sp³-hybridized carbons (Fsp3) is 0.500. The monoisotopic (exact) mass is 286 g/mol. The van der Waals surface area contributed by atoms with Crippen molar-refractivity contribution in [3.8, 4) is 0 Å². The average Bonchev–Trinajstić information content (AvgIpc) is 2.29. The minimum atomic E-state index is -0.0417. The Morgan fingerprint density at radius 3 is 2.62 bits per heavy atom. The van der Waals surface area contributed by atoms with Crippen LogP contribution in [0.2, 0.25) is 0 Å². The van der Waals surface area contributed by atoms with Gasteiger partial charge in [0.15, 0.2) is 0 Å². The van der Waals surface area contributed by atoms with Crippen molar-refractivity contribution in [1.29, 1.82) is 0 Å². The molecule has 0 aliphatic carbocycles. The van der Waals surface area contributed by atoms with E-state index in [1.807, 2.05) is 4.90 Å². The molecule has 0 aromatic carbocycles. The van der Waals surface area contributed by atoms with Crippen LogP contribution in [0.4, 0.5) is 5.95 Å². The van der Waals surface area contributed by atoms with Crippen LogP contribution in [0.5, 0.6) is 0 Å². The summed E-state index contributed by atoms with van der Waals surface area (Å²) >= 11 is 3.28. The molecule has 1 rings (SSSR count). The summed E-state index contributed by atoms with van der Waals surface area (Å²) in [5.41, 5.74) is 0. The zero-order valence-electron chi connectivity index (χ0n) is 9.40. The number of aromatic nitrogens is 2. The first-order valence-electron chi connectivity index (χ1n) is 5.10. The Kier molecular flexibility index (Phi) is 5.18. The topological polar surface area (TPSA) is 58.1 Å². The van der Waals surface area contributed by atoms with Crippen molar-refractivity contribution in [3.63, 3.8) is 0 Å². The van der Waals surface area contributed by atoms with Gasteiger partial charge in [0.1, 0.15) is 0 Å². The molecule has 0 saturated heterocycles. The van der Waals surface area contributed by atoms with Gasteiger partial charge in [-0.05, 0) is 22.4 Å². The van der Waals surface area contributed by atoms with E-state index in [0.29, 0.717) is 5.95 Å². The van der Waals surface area contributed by atoms with Crippen molar-refractivity contribution in [2.75, 3.05) is 25.0 Å². The summed E-state index contributed by atoms with van der Waals surface area (Å²) < 4.78 is 0.827. The number of carbonyl (C=O) groups excluding carboxylic acids is 1. The van der Waals surface area contributed by atoms with Gasteiger partial charge in [0.2, 0.25) is 11.9 Å². The van der Waals surface area contributed by atoms with E-state index in [1.165, 1.54) is 0 Å². The Morgan fingerprint density at radius 2 is 2.12 bits per heavy atom. The zero-order chi connectivity index (χ0) is 12.0. The molecule has 0 aliphatic heterocycles. The van der Waals surface area contributed by atoms with Crippen LogP contribution in [0, 0.1) is 0 Å². The SMILES string of the molecule is CCCN(CC(=O)NC)c1ncc(Br)cn1. The Labute approximate surface area is 103 Å². The Bertz CT molecular complexity index is 341. The van der Waals surface area contributed by atoms with E-state index in [4.69, 9.17) is 0 Å². The van der Waals surface area contributed by atoms with Crippen LogP contribution in [0.15, 0.2) is 16.9 Å². The number of anilines is 1. The van der Waals surface area contributed by atoms with Gasteiger partial charge in [0.05, 0.1) is 11.0 Å². The molecule has 0 spiro atoms. The molecule has 1 N–H and O–H groups in total. The molecule has 88 valence electrons. The number of hydrogen-bond acceptors (Lipinski definition) is 4. The highest BCUT2D eigenvalue weighted by molar-refractivity contribution is 9.10. The molecule has 0 atom stereocenters. The van der Waals surface area contributed by atoms with Crippen molar-refractivity contribution >= 4 is 27.8 Å². The molecule has 0 saturated carbocycles. The zero-order valence-corrected chi connectivity index (χ0v) is 11.0. The second-order valence-corrected chi connectivity index (χ2v) is 4.21.